The Kier molecular flexibility index (Phi) is 4.08. The molecule has 1 atom stereocenters. The molecule has 0 spiro atoms. The molecule has 0 saturated heterocycles. The summed E-state index contributed by atoms with van der Waals surface area (Å²) >= 11 is 0. The van der Waals surface area contributed by atoms with Crippen molar-refractivity contribution in [2.75, 3.05) is 13.3 Å². The van der Waals surface area contributed by atoms with E-state index in [0.717, 1.165) is 6.08 Å². The van der Waals surface area contributed by atoms with Crippen molar-refractivity contribution >= 4 is 13.6 Å². The zero-order valence-corrected chi connectivity index (χ0v) is 7.47. The minimum atomic E-state index is -3.17. The highest BCUT2D eigenvalue weighted by Crippen LogP contribution is 2.46. The average molecular weight is 178 g/mol. The first kappa shape index (κ1) is 10.4. The second-order valence-corrected chi connectivity index (χ2v) is 4.13. The van der Waals surface area contributed by atoms with Crippen molar-refractivity contribution in [2.45, 2.75) is 6.92 Å². The lowest BCUT2D eigenvalue weighted by molar-refractivity contribution is -0.129. The third-order valence-corrected chi connectivity index (χ3v) is 2.85. The molecule has 0 radical (unpaired) electrons. The molecule has 0 bridgehead atoms. The number of hydrogen-bond acceptors (Lipinski definition) is 4. The van der Waals surface area contributed by atoms with Crippen LogP contribution in [0.15, 0.2) is 12.7 Å². The summed E-state index contributed by atoms with van der Waals surface area (Å²) in [5, 5.41) is 0. The summed E-state index contributed by atoms with van der Waals surface area (Å²) in [6, 6.07) is 0. The van der Waals surface area contributed by atoms with Crippen LogP contribution in [0.3, 0.4) is 0 Å². The van der Waals surface area contributed by atoms with E-state index in [1.165, 1.54) is 7.11 Å². The van der Waals surface area contributed by atoms with Crippen LogP contribution >= 0.6 is 7.60 Å². The van der Waals surface area contributed by atoms with E-state index in [-0.39, 0.29) is 6.16 Å². The van der Waals surface area contributed by atoms with Gasteiger partial charge in [0.2, 0.25) is 0 Å². The van der Waals surface area contributed by atoms with Crippen LogP contribution in [0, 0.1) is 0 Å². The van der Waals surface area contributed by atoms with Crippen LogP contribution in [0.4, 0.5) is 0 Å². The first-order valence-electron chi connectivity index (χ1n) is 3.08. The molecule has 0 rings (SSSR count). The summed E-state index contributed by atoms with van der Waals surface area (Å²) in [6.07, 6.45) is 1.12. The molecule has 0 aliphatic heterocycles. The van der Waals surface area contributed by atoms with Gasteiger partial charge in [-0.25, -0.2) is 9.36 Å². The highest BCUT2D eigenvalue weighted by atomic mass is 31.2. The van der Waals surface area contributed by atoms with Crippen LogP contribution in [0.25, 0.3) is 0 Å². The first-order valence-corrected chi connectivity index (χ1v) is 4.81. The molecule has 11 heavy (non-hydrogen) atoms. The topological polar surface area (TPSA) is 52.6 Å². The van der Waals surface area contributed by atoms with Gasteiger partial charge in [0, 0.05) is 13.2 Å². The number of rotatable bonds is 4. The van der Waals surface area contributed by atoms with Gasteiger partial charge >= 0.3 is 13.6 Å². The molecule has 0 aromatic rings. The van der Waals surface area contributed by atoms with Gasteiger partial charge in [0.15, 0.2) is 0 Å². The second kappa shape index (κ2) is 4.31. The third-order valence-electron chi connectivity index (χ3n) is 1.06. The quantitative estimate of drug-likeness (QED) is 0.484. The van der Waals surface area contributed by atoms with Gasteiger partial charge in [0.1, 0.15) is 0 Å². The van der Waals surface area contributed by atoms with E-state index in [1.54, 1.807) is 6.92 Å². The normalized spacial score (nSPS) is 15.1. The van der Waals surface area contributed by atoms with E-state index in [0.29, 0.717) is 0 Å². The zero-order chi connectivity index (χ0) is 8.91. The minimum absolute atomic E-state index is 0.170. The van der Waals surface area contributed by atoms with Crippen LogP contribution in [0.2, 0.25) is 0 Å². The summed E-state index contributed by atoms with van der Waals surface area (Å²) in [5.41, 5.74) is 0. The Balaban J connectivity index is 4.19. The van der Waals surface area contributed by atoms with Gasteiger partial charge in [0.25, 0.3) is 0 Å². The lowest BCUT2D eigenvalue weighted by atomic mass is 10.7. The van der Waals surface area contributed by atoms with Crippen molar-refractivity contribution in [3.63, 3.8) is 0 Å². The van der Waals surface area contributed by atoms with Crippen LogP contribution < -0.4 is 0 Å². The lowest BCUT2D eigenvalue weighted by Gasteiger charge is -2.11. The van der Waals surface area contributed by atoms with Crippen molar-refractivity contribution in [3.8, 4) is 0 Å². The molecule has 0 aromatic carbocycles. The van der Waals surface area contributed by atoms with Gasteiger partial charge in [-0.1, -0.05) is 13.5 Å². The van der Waals surface area contributed by atoms with Gasteiger partial charge < -0.3 is 9.05 Å². The Morgan fingerprint density at radius 2 is 2.27 bits per heavy atom. The SMILES string of the molecule is C=CC(=O)OP(=O)(CC)OC. The minimum Gasteiger partial charge on any atom is -0.388 e. The summed E-state index contributed by atoms with van der Waals surface area (Å²) in [5.74, 6) is -0.725. The highest BCUT2D eigenvalue weighted by Gasteiger charge is 2.22. The Morgan fingerprint density at radius 1 is 1.73 bits per heavy atom. The summed E-state index contributed by atoms with van der Waals surface area (Å²) in [6.45, 7) is 4.77. The van der Waals surface area contributed by atoms with Crippen LogP contribution in [0.5, 0.6) is 0 Å². The Labute approximate surface area is 65.7 Å². The molecule has 0 aliphatic carbocycles. The predicted octanol–water partition coefficient (Wildman–Crippen LogP) is 1.57. The second-order valence-electron chi connectivity index (χ2n) is 1.72. The van der Waals surface area contributed by atoms with Crippen LogP contribution in [0.1, 0.15) is 6.92 Å². The molecular weight excluding hydrogens is 167 g/mol. The highest BCUT2D eigenvalue weighted by molar-refractivity contribution is 7.54. The molecular formula is C6H11O4P. The van der Waals surface area contributed by atoms with Gasteiger partial charge in [-0.15, -0.1) is 0 Å². The molecule has 1 unspecified atom stereocenters. The molecule has 0 saturated carbocycles. The van der Waals surface area contributed by atoms with Gasteiger partial charge in [-0.2, -0.15) is 0 Å². The predicted molar refractivity (Wildman–Crippen MR) is 41.4 cm³/mol. The fraction of sp³-hybridized carbons (Fsp3) is 0.500. The molecule has 0 amide bonds. The smallest absolute Gasteiger partial charge is 0.381 e. The van der Waals surface area contributed by atoms with Gasteiger partial charge in [-0.05, 0) is 0 Å². The maximum Gasteiger partial charge on any atom is 0.381 e. The molecule has 0 aliphatic rings. The summed E-state index contributed by atoms with van der Waals surface area (Å²) in [4.78, 5) is 10.6. The fourth-order valence-corrected chi connectivity index (χ4v) is 1.22. The molecule has 0 heterocycles. The molecule has 0 N–H and O–H groups in total. The van der Waals surface area contributed by atoms with Crippen LogP contribution in [-0.4, -0.2) is 19.2 Å². The monoisotopic (exact) mass is 178 g/mol. The number of hydrogen-bond donors (Lipinski definition) is 0. The van der Waals surface area contributed by atoms with Crippen molar-refractivity contribution in [3.05, 3.63) is 12.7 Å². The number of carbonyl (C=O) groups excluding carboxylic acids is 1. The Bertz CT molecular complexity index is 191. The van der Waals surface area contributed by atoms with Crippen molar-refractivity contribution in [2.24, 2.45) is 0 Å². The lowest BCUT2D eigenvalue weighted by Crippen LogP contribution is -2.01. The van der Waals surface area contributed by atoms with Gasteiger partial charge in [0.05, 0.1) is 6.16 Å². The Morgan fingerprint density at radius 3 is 2.55 bits per heavy atom. The molecule has 4 nitrogen and oxygen atoms in total. The molecule has 64 valence electrons. The summed E-state index contributed by atoms with van der Waals surface area (Å²) in [7, 11) is -1.94. The largest absolute Gasteiger partial charge is 0.388 e. The standard InChI is InChI=1S/C6H11O4P/c1-4-6(7)10-11(8,5-2)9-3/h4H,1,5H2,2-3H3. The molecule has 0 fully saturated rings. The van der Waals surface area contributed by atoms with Crippen LogP contribution in [-0.2, 0) is 18.4 Å². The van der Waals surface area contributed by atoms with E-state index >= 15 is 0 Å². The zero-order valence-electron chi connectivity index (χ0n) is 6.57. The first-order chi connectivity index (χ1) is 5.08. The van der Waals surface area contributed by atoms with Crippen molar-refractivity contribution < 1.29 is 18.4 Å². The van der Waals surface area contributed by atoms with Crippen molar-refractivity contribution in [1.82, 2.24) is 0 Å². The average Bonchev–Trinajstić information content (AvgIpc) is 2.04. The van der Waals surface area contributed by atoms with E-state index < -0.39 is 13.6 Å². The fourth-order valence-electron chi connectivity index (χ4n) is 0.405. The van der Waals surface area contributed by atoms with E-state index in [4.69, 9.17) is 0 Å². The maximum absolute atomic E-state index is 11.2. The molecule has 5 heteroatoms. The van der Waals surface area contributed by atoms with E-state index in [9.17, 15) is 9.36 Å². The third kappa shape index (κ3) is 3.35. The van der Waals surface area contributed by atoms with Crippen molar-refractivity contribution in [1.29, 1.82) is 0 Å². The molecule has 0 aromatic heterocycles. The van der Waals surface area contributed by atoms with E-state index in [1.807, 2.05) is 0 Å². The summed E-state index contributed by atoms with van der Waals surface area (Å²) < 4.78 is 20.2. The number of carbonyl (C=O) groups is 1. The Hall–Kier alpha value is -0.600. The van der Waals surface area contributed by atoms with Gasteiger partial charge in [-0.3, -0.25) is 0 Å². The maximum atomic E-state index is 11.2. The van der Waals surface area contributed by atoms with E-state index in [2.05, 4.69) is 15.6 Å².